The minimum atomic E-state index is -0.303. The molecule has 0 saturated carbocycles. The van der Waals surface area contributed by atoms with Gasteiger partial charge >= 0.3 is 0 Å². The molecule has 1 heterocycles. The van der Waals surface area contributed by atoms with Gasteiger partial charge in [0.2, 0.25) is 0 Å². The van der Waals surface area contributed by atoms with Gasteiger partial charge in [-0.05, 0) is 31.2 Å². The molecule has 0 fully saturated rings. The molecule has 1 N–H and O–H groups in total. The Balaban J connectivity index is 2.21. The lowest BCUT2D eigenvalue weighted by Gasteiger charge is -2.13. The van der Waals surface area contributed by atoms with Gasteiger partial charge in [-0.2, -0.15) is 0 Å². The van der Waals surface area contributed by atoms with Crippen molar-refractivity contribution in [2.24, 2.45) is 12.0 Å². The summed E-state index contributed by atoms with van der Waals surface area (Å²) in [5, 5.41) is 3.43. The third-order valence-corrected chi connectivity index (χ3v) is 3.71. The van der Waals surface area contributed by atoms with Crippen molar-refractivity contribution in [3.8, 4) is 5.75 Å². The average molecular weight is 339 g/mol. The SMILES string of the molecule is C=CC(=N/C=C\C(C)Oc1cccc2cc(C=O)n(C)c12)C(=O)NC. The molecule has 1 atom stereocenters. The highest BCUT2D eigenvalue weighted by molar-refractivity contribution is 6.43. The number of carbonyl (C=O) groups excluding carboxylic acids is 2. The molecule has 1 aromatic carbocycles. The number of aldehydes is 1. The predicted molar refractivity (Wildman–Crippen MR) is 99.2 cm³/mol. The zero-order chi connectivity index (χ0) is 18.4. The largest absolute Gasteiger partial charge is 0.484 e. The second-order valence-electron chi connectivity index (χ2n) is 5.40. The lowest BCUT2D eigenvalue weighted by atomic mass is 10.2. The number of nitrogens with zero attached hydrogens (tertiary/aromatic N) is 2. The molecule has 0 aliphatic heterocycles. The van der Waals surface area contributed by atoms with E-state index in [2.05, 4.69) is 16.9 Å². The molecule has 1 unspecified atom stereocenters. The number of hydrogen-bond acceptors (Lipinski definition) is 4. The Kier molecular flexibility index (Phi) is 5.89. The van der Waals surface area contributed by atoms with Gasteiger partial charge in [-0.25, -0.2) is 0 Å². The quantitative estimate of drug-likeness (QED) is 0.622. The van der Waals surface area contributed by atoms with Crippen molar-refractivity contribution in [1.82, 2.24) is 9.88 Å². The van der Waals surface area contributed by atoms with Gasteiger partial charge in [0.15, 0.2) is 6.29 Å². The number of aromatic nitrogens is 1. The Hall–Kier alpha value is -3.15. The highest BCUT2D eigenvalue weighted by Gasteiger charge is 2.11. The fourth-order valence-corrected chi connectivity index (χ4v) is 2.42. The fourth-order valence-electron chi connectivity index (χ4n) is 2.42. The lowest BCUT2D eigenvalue weighted by Crippen LogP contribution is -2.25. The molecule has 1 amide bonds. The number of hydrogen-bond donors (Lipinski definition) is 1. The summed E-state index contributed by atoms with van der Waals surface area (Å²) >= 11 is 0. The van der Waals surface area contributed by atoms with E-state index in [1.807, 2.05) is 38.2 Å². The molecule has 0 saturated heterocycles. The summed E-state index contributed by atoms with van der Waals surface area (Å²) in [6.07, 6.45) is 5.17. The van der Waals surface area contributed by atoms with Crippen molar-refractivity contribution in [1.29, 1.82) is 0 Å². The summed E-state index contributed by atoms with van der Waals surface area (Å²) in [6, 6.07) is 7.48. The van der Waals surface area contributed by atoms with Crippen LogP contribution in [0.25, 0.3) is 10.9 Å². The number of carbonyl (C=O) groups is 2. The number of ether oxygens (including phenoxy) is 1. The molecule has 2 aromatic rings. The van der Waals surface area contributed by atoms with E-state index < -0.39 is 0 Å². The van der Waals surface area contributed by atoms with Crippen LogP contribution in [0, 0.1) is 0 Å². The maximum Gasteiger partial charge on any atom is 0.269 e. The fraction of sp³-hybridized carbons (Fsp3) is 0.211. The second kappa shape index (κ2) is 8.10. The summed E-state index contributed by atoms with van der Waals surface area (Å²) in [4.78, 5) is 26.7. The number of aryl methyl sites for hydroxylation is 1. The van der Waals surface area contributed by atoms with Crippen LogP contribution in [0.4, 0.5) is 0 Å². The maximum atomic E-state index is 11.5. The molecule has 0 bridgehead atoms. The summed E-state index contributed by atoms with van der Waals surface area (Å²) in [5.41, 5.74) is 1.66. The Labute approximate surface area is 146 Å². The zero-order valence-corrected chi connectivity index (χ0v) is 14.5. The van der Waals surface area contributed by atoms with E-state index in [0.29, 0.717) is 11.4 Å². The van der Waals surface area contributed by atoms with Gasteiger partial charge in [-0.15, -0.1) is 0 Å². The normalized spacial score (nSPS) is 13.0. The maximum absolute atomic E-state index is 11.5. The first kappa shape index (κ1) is 18.2. The highest BCUT2D eigenvalue weighted by atomic mass is 16.5. The second-order valence-corrected chi connectivity index (χ2v) is 5.40. The van der Waals surface area contributed by atoms with Crippen LogP contribution in [0.2, 0.25) is 0 Å². The molecule has 130 valence electrons. The van der Waals surface area contributed by atoms with Crippen LogP contribution >= 0.6 is 0 Å². The highest BCUT2D eigenvalue weighted by Crippen LogP contribution is 2.28. The van der Waals surface area contributed by atoms with E-state index in [1.165, 1.54) is 19.3 Å². The van der Waals surface area contributed by atoms with Crippen molar-refractivity contribution >= 4 is 28.8 Å². The Morgan fingerprint density at radius 1 is 1.44 bits per heavy atom. The molecule has 25 heavy (non-hydrogen) atoms. The number of para-hydroxylation sites is 1. The van der Waals surface area contributed by atoms with Crippen LogP contribution in [0.3, 0.4) is 0 Å². The minimum Gasteiger partial charge on any atom is -0.484 e. The molecule has 6 heteroatoms. The first-order chi connectivity index (χ1) is 12.0. The number of aliphatic imine (C=N–C) groups is 1. The molecule has 0 radical (unpaired) electrons. The third kappa shape index (κ3) is 4.03. The van der Waals surface area contributed by atoms with E-state index in [0.717, 1.165) is 17.2 Å². The number of benzene rings is 1. The van der Waals surface area contributed by atoms with Crippen molar-refractivity contribution in [3.05, 3.63) is 54.9 Å². The molecule has 0 aliphatic carbocycles. The molecule has 6 nitrogen and oxygen atoms in total. The Morgan fingerprint density at radius 2 is 2.20 bits per heavy atom. The number of nitrogens with one attached hydrogen (secondary N) is 1. The van der Waals surface area contributed by atoms with Crippen LogP contribution in [0.1, 0.15) is 17.4 Å². The van der Waals surface area contributed by atoms with Crippen LogP contribution < -0.4 is 10.1 Å². The van der Waals surface area contributed by atoms with Crippen LogP contribution in [-0.4, -0.2) is 35.6 Å². The standard InChI is InChI=1S/C19H21N3O3/c1-5-16(19(24)20-3)21-10-9-13(2)25-17-8-6-7-14-11-15(12-23)22(4)18(14)17/h5-13H,1H2,2-4H3,(H,20,24)/b10-9-,21-16?. The summed E-state index contributed by atoms with van der Waals surface area (Å²) in [5.74, 6) is 0.368. The smallest absolute Gasteiger partial charge is 0.269 e. The van der Waals surface area contributed by atoms with Crippen molar-refractivity contribution < 1.29 is 14.3 Å². The summed E-state index contributed by atoms with van der Waals surface area (Å²) < 4.78 is 7.75. The van der Waals surface area contributed by atoms with E-state index in [4.69, 9.17) is 4.74 Å². The summed E-state index contributed by atoms with van der Waals surface area (Å²) in [7, 11) is 3.36. The number of rotatable bonds is 7. The van der Waals surface area contributed by atoms with E-state index >= 15 is 0 Å². The van der Waals surface area contributed by atoms with Crippen LogP contribution in [0.5, 0.6) is 5.75 Å². The minimum absolute atomic E-state index is 0.228. The van der Waals surface area contributed by atoms with Gasteiger partial charge in [0.25, 0.3) is 5.91 Å². The molecular formula is C19H21N3O3. The van der Waals surface area contributed by atoms with E-state index in [9.17, 15) is 9.59 Å². The molecule has 0 aliphatic rings. The molecule has 1 aromatic heterocycles. The molecular weight excluding hydrogens is 318 g/mol. The zero-order valence-electron chi connectivity index (χ0n) is 14.5. The van der Waals surface area contributed by atoms with Crippen molar-refractivity contribution in [2.75, 3.05) is 7.05 Å². The van der Waals surface area contributed by atoms with E-state index in [-0.39, 0.29) is 17.7 Å². The van der Waals surface area contributed by atoms with Gasteiger partial charge in [0.05, 0.1) is 11.2 Å². The summed E-state index contributed by atoms with van der Waals surface area (Å²) in [6.45, 7) is 5.42. The lowest BCUT2D eigenvalue weighted by molar-refractivity contribution is -0.114. The van der Waals surface area contributed by atoms with Gasteiger partial charge < -0.3 is 14.6 Å². The van der Waals surface area contributed by atoms with Crippen molar-refractivity contribution in [2.45, 2.75) is 13.0 Å². The van der Waals surface area contributed by atoms with Gasteiger partial charge in [-0.3, -0.25) is 14.6 Å². The Morgan fingerprint density at radius 3 is 2.84 bits per heavy atom. The van der Waals surface area contributed by atoms with Crippen LogP contribution in [-0.2, 0) is 11.8 Å². The van der Waals surface area contributed by atoms with Gasteiger partial charge in [-0.1, -0.05) is 18.7 Å². The monoisotopic (exact) mass is 339 g/mol. The first-order valence-corrected chi connectivity index (χ1v) is 7.81. The van der Waals surface area contributed by atoms with Gasteiger partial charge in [0.1, 0.15) is 17.6 Å². The predicted octanol–water partition coefficient (Wildman–Crippen LogP) is 2.64. The van der Waals surface area contributed by atoms with Gasteiger partial charge in [0, 0.05) is 25.7 Å². The molecule has 2 rings (SSSR count). The Bertz CT molecular complexity index is 862. The van der Waals surface area contributed by atoms with Crippen LogP contribution in [0.15, 0.2) is 54.2 Å². The first-order valence-electron chi connectivity index (χ1n) is 7.81. The van der Waals surface area contributed by atoms with Crippen molar-refractivity contribution in [3.63, 3.8) is 0 Å². The molecule has 0 spiro atoms. The third-order valence-electron chi connectivity index (χ3n) is 3.71. The topological polar surface area (TPSA) is 72.7 Å². The van der Waals surface area contributed by atoms with E-state index in [1.54, 1.807) is 10.6 Å². The average Bonchev–Trinajstić information content (AvgIpc) is 2.95. The number of fused-ring (bicyclic) bond motifs is 1. The number of amides is 1.